The van der Waals surface area contributed by atoms with Gasteiger partial charge in [-0.25, -0.2) is 4.39 Å². The summed E-state index contributed by atoms with van der Waals surface area (Å²) in [6.45, 7) is 2.74. The highest BCUT2D eigenvalue weighted by molar-refractivity contribution is 5.85. The Morgan fingerprint density at radius 2 is 1.92 bits per heavy atom. The van der Waals surface area contributed by atoms with E-state index in [-0.39, 0.29) is 5.91 Å². The lowest BCUT2D eigenvalue weighted by Gasteiger charge is -2.38. The molecule has 2 aliphatic rings. The molecule has 13 heavy (non-hydrogen) atoms. The Morgan fingerprint density at radius 1 is 1.31 bits per heavy atom. The second kappa shape index (κ2) is 3.25. The van der Waals surface area contributed by atoms with Crippen molar-refractivity contribution >= 4 is 5.91 Å². The second-order valence-corrected chi connectivity index (χ2v) is 3.86. The zero-order valence-corrected chi connectivity index (χ0v) is 7.68. The molecule has 0 saturated carbocycles. The molecule has 0 aromatic rings. The average Bonchev–Trinajstić information content (AvgIpc) is 2.02. The van der Waals surface area contributed by atoms with Crippen molar-refractivity contribution < 1.29 is 9.18 Å². The van der Waals surface area contributed by atoms with E-state index < -0.39 is 5.67 Å². The van der Waals surface area contributed by atoms with E-state index in [9.17, 15) is 9.18 Å². The topological polar surface area (TPSA) is 32.3 Å². The number of hydrogen-bond acceptors (Lipinski definition) is 2. The molecule has 4 heteroatoms. The van der Waals surface area contributed by atoms with Gasteiger partial charge in [-0.15, -0.1) is 0 Å². The van der Waals surface area contributed by atoms with Gasteiger partial charge in [-0.05, 0) is 19.5 Å². The minimum atomic E-state index is -1.56. The number of rotatable bonds is 1. The molecular weight excluding hydrogens is 171 g/mol. The fourth-order valence-electron chi connectivity index (χ4n) is 1.84. The van der Waals surface area contributed by atoms with Gasteiger partial charge in [0.25, 0.3) is 5.91 Å². The molecule has 1 amide bonds. The van der Waals surface area contributed by atoms with E-state index in [1.165, 1.54) is 0 Å². The van der Waals surface area contributed by atoms with Gasteiger partial charge in [0.2, 0.25) is 0 Å². The molecule has 2 fully saturated rings. The Labute approximate surface area is 77.3 Å². The van der Waals surface area contributed by atoms with Crippen LogP contribution in [0.15, 0.2) is 0 Å². The van der Waals surface area contributed by atoms with Crippen molar-refractivity contribution in [3.05, 3.63) is 0 Å². The fraction of sp³-hybridized carbons (Fsp3) is 0.889. The van der Waals surface area contributed by atoms with Gasteiger partial charge in [-0.1, -0.05) is 0 Å². The molecule has 0 aromatic carbocycles. The van der Waals surface area contributed by atoms with Crippen LogP contribution in [0, 0.1) is 0 Å². The molecule has 2 rings (SSSR count). The fourth-order valence-corrected chi connectivity index (χ4v) is 1.84. The number of piperidine rings is 1. The Kier molecular flexibility index (Phi) is 2.24. The lowest BCUT2D eigenvalue weighted by atomic mass is 9.92. The molecule has 0 aromatic heterocycles. The molecule has 2 saturated heterocycles. The summed E-state index contributed by atoms with van der Waals surface area (Å²) < 4.78 is 14.0. The summed E-state index contributed by atoms with van der Waals surface area (Å²) in [4.78, 5) is 13.3. The van der Waals surface area contributed by atoms with Crippen molar-refractivity contribution in [2.75, 3.05) is 26.2 Å². The van der Waals surface area contributed by atoms with Crippen molar-refractivity contribution in [1.29, 1.82) is 0 Å². The van der Waals surface area contributed by atoms with Crippen LogP contribution in [-0.4, -0.2) is 42.7 Å². The van der Waals surface area contributed by atoms with Crippen LogP contribution in [0.3, 0.4) is 0 Å². The molecule has 0 bridgehead atoms. The van der Waals surface area contributed by atoms with Gasteiger partial charge in [0, 0.05) is 25.9 Å². The van der Waals surface area contributed by atoms with E-state index in [0.29, 0.717) is 25.9 Å². The lowest BCUT2D eigenvalue weighted by Crippen LogP contribution is -2.55. The highest BCUT2D eigenvalue weighted by atomic mass is 19.1. The van der Waals surface area contributed by atoms with Crippen molar-refractivity contribution in [3.63, 3.8) is 0 Å². The van der Waals surface area contributed by atoms with E-state index in [0.717, 1.165) is 19.5 Å². The van der Waals surface area contributed by atoms with Crippen LogP contribution < -0.4 is 5.32 Å². The number of carbonyl (C=O) groups is 1. The standard InChI is InChI=1S/C9H15FN2O/c10-9(2-4-11-5-3-9)8(13)12-6-1-7-12/h11H,1-7H2. The van der Waals surface area contributed by atoms with Crippen LogP contribution in [0.4, 0.5) is 4.39 Å². The van der Waals surface area contributed by atoms with E-state index in [2.05, 4.69) is 5.32 Å². The Bertz CT molecular complexity index is 210. The molecule has 0 spiro atoms. The summed E-state index contributed by atoms with van der Waals surface area (Å²) in [6, 6.07) is 0. The smallest absolute Gasteiger partial charge is 0.260 e. The predicted molar refractivity (Wildman–Crippen MR) is 47.1 cm³/mol. The molecule has 3 nitrogen and oxygen atoms in total. The summed E-state index contributed by atoms with van der Waals surface area (Å²) in [7, 11) is 0. The van der Waals surface area contributed by atoms with Crippen LogP contribution in [0.2, 0.25) is 0 Å². The normalized spacial score (nSPS) is 26.7. The number of amides is 1. The molecule has 0 unspecified atom stereocenters. The van der Waals surface area contributed by atoms with Crippen LogP contribution in [0.25, 0.3) is 0 Å². The van der Waals surface area contributed by atoms with Gasteiger partial charge in [0.15, 0.2) is 5.67 Å². The zero-order valence-electron chi connectivity index (χ0n) is 7.68. The van der Waals surface area contributed by atoms with E-state index >= 15 is 0 Å². The van der Waals surface area contributed by atoms with Crippen LogP contribution in [0.1, 0.15) is 19.3 Å². The van der Waals surface area contributed by atoms with Crippen molar-refractivity contribution in [2.24, 2.45) is 0 Å². The summed E-state index contributed by atoms with van der Waals surface area (Å²) in [5.41, 5.74) is -1.56. The summed E-state index contributed by atoms with van der Waals surface area (Å²) in [5.74, 6) is -0.278. The molecule has 0 aliphatic carbocycles. The SMILES string of the molecule is O=C(N1CCC1)C1(F)CCNCC1. The molecule has 2 aliphatic heterocycles. The summed E-state index contributed by atoms with van der Waals surface area (Å²) >= 11 is 0. The first kappa shape index (κ1) is 8.94. The van der Waals surface area contributed by atoms with Gasteiger partial charge < -0.3 is 10.2 Å². The van der Waals surface area contributed by atoms with Gasteiger partial charge in [-0.3, -0.25) is 4.79 Å². The highest BCUT2D eigenvalue weighted by Crippen LogP contribution is 2.27. The number of alkyl halides is 1. The lowest BCUT2D eigenvalue weighted by molar-refractivity contribution is -0.149. The van der Waals surface area contributed by atoms with Crippen molar-refractivity contribution in [3.8, 4) is 0 Å². The number of nitrogens with zero attached hydrogens (tertiary/aromatic N) is 1. The summed E-state index contributed by atoms with van der Waals surface area (Å²) in [5, 5.41) is 3.06. The first-order valence-corrected chi connectivity index (χ1v) is 4.91. The number of halogens is 1. The Balaban J connectivity index is 1.99. The first-order valence-electron chi connectivity index (χ1n) is 4.91. The maximum absolute atomic E-state index is 14.0. The van der Waals surface area contributed by atoms with Gasteiger partial charge in [0.1, 0.15) is 0 Å². The summed E-state index contributed by atoms with van der Waals surface area (Å²) in [6.07, 6.45) is 1.70. The number of likely N-dealkylation sites (tertiary alicyclic amines) is 1. The third-order valence-corrected chi connectivity index (χ3v) is 2.92. The Morgan fingerprint density at radius 3 is 2.38 bits per heavy atom. The van der Waals surface area contributed by atoms with Gasteiger partial charge >= 0.3 is 0 Å². The predicted octanol–water partition coefficient (Wildman–Crippen LogP) is 0.310. The average molecular weight is 186 g/mol. The molecule has 1 N–H and O–H groups in total. The monoisotopic (exact) mass is 186 g/mol. The number of nitrogens with one attached hydrogen (secondary N) is 1. The minimum absolute atomic E-state index is 0.278. The minimum Gasteiger partial charge on any atom is -0.340 e. The van der Waals surface area contributed by atoms with Crippen LogP contribution >= 0.6 is 0 Å². The molecular formula is C9H15FN2O. The molecule has 0 radical (unpaired) electrons. The van der Waals surface area contributed by atoms with E-state index in [4.69, 9.17) is 0 Å². The third kappa shape index (κ3) is 1.55. The quantitative estimate of drug-likeness (QED) is 0.639. The van der Waals surface area contributed by atoms with Crippen LogP contribution in [-0.2, 0) is 4.79 Å². The molecule has 74 valence electrons. The maximum Gasteiger partial charge on any atom is 0.260 e. The number of carbonyl (C=O) groups excluding carboxylic acids is 1. The zero-order chi connectivity index (χ0) is 9.31. The van der Waals surface area contributed by atoms with Crippen molar-refractivity contribution in [2.45, 2.75) is 24.9 Å². The highest BCUT2D eigenvalue weighted by Gasteiger charge is 2.43. The number of hydrogen-bond donors (Lipinski definition) is 1. The van der Waals surface area contributed by atoms with Crippen LogP contribution in [0.5, 0.6) is 0 Å². The maximum atomic E-state index is 14.0. The van der Waals surface area contributed by atoms with Gasteiger partial charge in [-0.2, -0.15) is 0 Å². The first-order chi connectivity index (χ1) is 6.22. The Hall–Kier alpha value is -0.640. The van der Waals surface area contributed by atoms with E-state index in [1.807, 2.05) is 0 Å². The third-order valence-electron chi connectivity index (χ3n) is 2.92. The second-order valence-electron chi connectivity index (χ2n) is 3.86. The molecule has 2 heterocycles. The van der Waals surface area contributed by atoms with Gasteiger partial charge in [0.05, 0.1) is 0 Å². The van der Waals surface area contributed by atoms with E-state index in [1.54, 1.807) is 4.90 Å². The largest absolute Gasteiger partial charge is 0.340 e. The van der Waals surface area contributed by atoms with Crippen molar-refractivity contribution in [1.82, 2.24) is 10.2 Å². The molecule has 0 atom stereocenters.